The number of hydrogen-bond acceptors (Lipinski definition) is 8. The molecule has 13 nitrogen and oxygen atoms in total. The summed E-state index contributed by atoms with van der Waals surface area (Å²) >= 11 is 0. The molecule has 1 atom stereocenters. The van der Waals surface area contributed by atoms with E-state index in [4.69, 9.17) is 5.73 Å². The van der Waals surface area contributed by atoms with Gasteiger partial charge in [0.15, 0.2) is 0 Å². The number of carbonyl (C=O) groups is 5. The number of aliphatic carboxylic acids is 5. The molecule has 0 aromatic carbocycles. The van der Waals surface area contributed by atoms with Crippen LogP contribution in [0.5, 0.6) is 0 Å². The zero-order valence-electron chi connectivity index (χ0n) is 18.4. The van der Waals surface area contributed by atoms with Gasteiger partial charge in [0.2, 0.25) is 0 Å². The monoisotopic (exact) mass is 475 g/mol. The Bertz CT molecular complexity index is 706. The SMILES string of the molecule is NCCNC(CC(=O)O)(C1CCCCC1)C(CC(=O)O)(CC(=O)O)N(CC(=O)O)CC(=O)O. The molecule has 1 aliphatic carbocycles. The molecule has 33 heavy (non-hydrogen) atoms. The zero-order chi connectivity index (χ0) is 25.2. The summed E-state index contributed by atoms with van der Waals surface area (Å²) in [5, 5.41) is 51.4. The minimum atomic E-state index is -2.20. The molecule has 1 rings (SSSR count). The number of carboxylic acid groups (broad SMARTS) is 5. The highest BCUT2D eigenvalue weighted by molar-refractivity contribution is 5.78. The largest absolute Gasteiger partial charge is 0.481 e. The second kappa shape index (κ2) is 12.5. The van der Waals surface area contributed by atoms with Gasteiger partial charge in [-0.15, -0.1) is 0 Å². The molecular weight excluding hydrogens is 442 g/mol. The van der Waals surface area contributed by atoms with E-state index in [1.807, 2.05) is 0 Å². The number of nitrogens with two attached hydrogens (primary N) is 1. The van der Waals surface area contributed by atoms with Crippen molar-refractivity contribution < 1.29 is 49.5 Å². The molecule has 1 saturated carbocycles. The normalized spacial score (nSPS) is 16.8. The molecule has 0 aliphatic heterocycles. The molecule has 0 heterocycles. The van der Waals surface area contributed by atoms with Crippen LogP contribution in [0.3, 0.4) is 0 Å². The van der Waals surface area contributed by atoms with E-state index in [9.17, 15) is 49.5 Å². The quantitative estimate of drug-likeness (QED) is 0.149. The van der Waals surface area contributed by atoms with Crippen molar-refractivity contribution in [2.45, 2.75) is 62.4 Å². The number of nitrogens with one attached hydrogen (secondary N) is 1. The number of hydrogen-bond donors (Lipinski definition) is 7. The lowest BCUT2D eigenvalue weighted by Gasteiger charge is -2.58. The Balaban J connectivity index is 4.01. The molecule has 0 aromatic heterocycles. The van der Waals surface area contributed by atoms with E-state index in [2.05, 4.69) is 5.32 Å². The van der Waals surface area contributed by atoms with E-state index in [1.54, 1.807) is 0 Å². The van der Waals surface area contributed by atoms with Crippen molar-refractivity contribution in [3.63, 3.8) is 0 Å². The van der Waals surface area contributed by atoms with Gasteiger partial charge in [0.05, 0.1) is 43.4 Å². The van der Waals surface area contributed by atoms with Crippen LogP contribution in [0.25, 0.3) is 0 Å². The van der Waals surface area contributed by atoms with Gasteiger partial charge < -0.3 is 36.6 Å². The molecule has 13 heteroatoms. The van der Waals surface area contributed by atoms with Crippen molar-refractivity contribution in [1.29, 1.82) is 0 Å². The molecule has 0 spiro atoms. The molecule has 0 bridgehead atoms. The van der Waals surface area contributed by atoms with Crippen molar-refractivity contribution in [2.24, 2.45) is 11.7 Å². The van der Waals surface area contributed by atoms with Gasteiger partial charge in [0.1, 0.15) is 0 Å². The molecular formula is C20H33N3O10. The third-order valence-corrected chi connectivity index (χ3v) is 6.29. The van der Waals surface area contributed by atoms with Crippen LogP contribution in [0.2, 0.25) is 0 Å². The third-order valence-electron chi connectivity index (χ3n) is 6.29. The summed E-state index contributed by atoms with van der Waals surface area (Å²) in [7, 11) is 0. The Kier molecular flexibility index (Phi) is 10.7. The summed E-state index contributed by atoms with van der Waals surface area (Å²) in [6.45, 7) is -2.00. The van der Waals surface area contributed by atoms with Crippen molar-refractivity contribution in [1.82, 2.24) is 10.2 Å². The van der Waals surface area contributed by atoms with Crippen molar-refractivity contribution in [3.05, 3.63) is 0 Å². The topological polar surface area (TPSA) is 228 Å². The molecule has 0 aromatic rings. The molecule has 0 radical (unpaired) electrons. The van der Waals surface area contributed by atoms with Crippen LogP contribution in [-0.4, -0.2) is 97.5 Å². The van der Waals surface area contributed by atoms with Gasteiger partial charge >= 0.3 is 29.8 Å². The molecule has 188 valence electrons. The maximum Gasteiger partial charge on any atom is 0.317 e. The highest BCUT2D eigenvalue weighted by Crippen LogP contribution is 2.47. The Morgan fingerprint density at radius 1 is 0.758 bits per heavy atom. The van der Waals surface area contributed by atoms with Crippen LogP contribution >= 0.6 is 0 Å². The Labute approximate surface area is 190 Å². The van der Waals surface area contributed by atoms with Gasteiger partial charge in [0, 0.05) is 13.1 Å². The second-order valence-electron chi connectivity index (χ2n) is 8.41. The van der Waals surface area contributed by atoms with E-state index in [0.717, 1.165) is 11.3 Å². The van der Waals surface area contributed by atoms with Crippen LogP contribution in [0, 0.1) is 5.92 Å². The van der Waals surface area contributed by atoms with E-state index in [1.165, 1.54) is 0 Å². The standard InChI is InChI=1S/C20H33N3O10/c21-6-7-22-20(10-16(28)29,13-4-2-1-3-5-13)19(8-14(24)25,9-15(26)27)23(11-17(30)31)12-18(32)33/h13,22H,1-12,21H2,(H,24,25)(H,26,27)(H,28,29)(H,30,31)(H,32,33). The molecule has 0 amide bonds. The van der Waals surface area contributed by atoms with Crippen LogP contribution in [0.1, 0.15) is 51.4 Å². The average Bonchev–Trinajstić information content (AvgIpc) is 2.69. The molecule has 0 saturated heterocycles. The average molecular weight is 475 g/mol. The number of nitrogens with zero attached hydrogens (tertiary/aromatic N) is 1. The summed E-state index contributed by atoms with van der Waals surface area (Å²) in [5.41, 5.74) is 1.66. The summed E-state index contributed by atoms with van der Waals surface area (Å²) in [4.78, 5) is 60.3. The number of carboxylic acids is 5. The summed E-state index contributed by atoms with van der Waals surface area (Å²) in [6, 6.07) is 0. The predicted molar refractivity (Wildman–Crippen MR) is 113 cm³/mol. The predicted octanol–water partition coefficient (Wildman–Crippen LogP) is -0.512. The Morgan fingerprint density at radius 2 is 1.21 bits per heavy atom. The maximum atomic E-state index is 12.1. The first-order chi connectivity index (χ1) is 15.4. The fourth-order valence-corrected chi connectivity index (χ4v) is 5.26. The first-order valence-corrected chi connectivity index (χ1v) is 10.7. The van der Waals surface area contributed by atoms with Crippen molar-refractivity contribution in [2.75, 3.05) is 26.2 Å². The van der Waals surface area contributed by atoms with Crippen LogP contribution in [0.4, 0.5) is 0 Å². The molecule has 1 fully saturated rings. The summed E-state index contributed by atoms with van der Waals surface area (Å²) in [5.74, 6) is -7.98. The highest BCUT2D eigenvalue weighted by Gasteiger charge is 2.61. The second-order valence-corrected chi connectivity index (χ2v) is 8.41. The molecule has 1 unspecified atom stereocenters. The summed E-state index contributed by atoms with van der Waals surface area (Å²) in [6.07, 6.45) is 0.334. The fourth-order valence-electron chi connectivity index (χ4n) is 5.26. The highest BCUT2D eigenvalue weighted by atomic mass is 16.4. The Hall–Kier alpha value is -2.77. The molecule has 1 aliphatic rings. The van der Waals surface area contributed by atoms with E-state index >= 15 is 0 Å². The van der Waals surface area contributed by atoms with E-state index < -0.39 is 79.2 Å². The van der Waals surface area contributed by atoms with Gasteiger partial charge in [-0.2, -0.15) is 0 Å². The van der Waals surface area contributed by atoms with Crippen LogP contribution in [-0.2, 0) is 24.0 Å². The Morgan fingerprint density at radius 3 is 1.58 bits per heavy atom. The van der Waals surface area contributed by atoms with Gasteiger partial charge in [0.25, 0.3) is 0 Å². The summed E-state index contributed by atoms with van der Waals surface area (Å²) < 4.78 is 0. The lowest BCUT2D eigenvalue weighted by atomic mass is 9.59. The smallest absolute Gasteiger partial charge is 0.317 e. The first-order valence-electron chi connectivity index (χ1n) is 10.7. The van der Waals surface area contributed by atoms with Crippen molar-refractivity contribution in [3.8, 4) is 0 Å². The number of rotatable bonds is 16. The van der Waals surface area contributed by atoms with Crippen LogP contribution in [0.15, 0.2) is 0 Å². The lowest BCUT2D eigenvalue weighted by Crippen LogP contribution is -2.76. The minimum Gasteiger partial charge on any atom is -0.481 e. The lowest BCUT2D eigenvalue weighted by molar-refractivity contribution is -0.166. The first kappa shape index (κ1) is 28.3. The van der Waals surface area contributed by atoms with Gasteiger partial charge in [-0.25, -0.2) is 0 Å². The molecule has 8 N–H and O–H groups in total. The third kappa shape index (κ3) is 7.37. The van der Waals surface area contributed by atoms with Crippen molar-refractivity contribution >= 4 is 29.8 Å². The maximum absolute atomic E-state index is 12.1. The zero-order valence-corrected chi connectivity index (χ0v) is 18.4. The van der Waals surface area contributed by atoms with Gasteiger partial charge in [-0.05, 0) is 18.8 Å². The van der Waals surface area contributed by atoms with Crippen LogP contribution < -0.4 is 11.1 Å². The fraction of sp³-hybridized carbons (Fsp3) is 0.750. The van der Waals surface area contributed by atoms with E-state index in [-0.39, 0.29) is 13.1 Å². The van der Waals surface area contributed by atoms with E-state index in [0.29, 0.717) is 25.7 Å². The minimum absolute atomic E-state index is 0.00216. The van der Waals surface area contributed by atoms with Gasteiger partial charge in [-0.1, -0.05) is 19.3 Å². The van der Waals surface area contributed by atoms with Gasteiger partial charge in [-0.3, -0.25) is 28.9 Å².